The van der Waals surface area contributed by atoms with Crippen LogP contribution in [0.5, 0.6) is 11.5 Å². The number of carbonyl (C=O) groups is 1. The zero-order chi connectivity index (χ0) is 44.7. The Balaban J connectivity index is 0.000000177. The van der Waals surface area contributed by atoms with E-state index in [4.69, 9.17) is 27.4 Å². The summed E-state index contributed by atoms with van der Waals surface area (Å²) in [5.74, 6) is 1.51. The zero-order valence-corrected chi connectivity index (χ0v) is 35.9. The largest absolute Gasteiger partial charge is 0.493 e. The third-order valence-corrected chi connectivity index (χ3v) is 10.9. The molecule has 65 heavy (non-hydrogen) atoms. The number of ether oxygens (including phenoxy) is 3. The Morgan fingerprint density at radius 2 is 1.51 bits per heavy atom. The van der Waals surface area contributed by atoms with Crippen LogP contribution in [0.15, 0.2) is 72.0 Å². The number of aromatic nitrogens is 10. The van der Waals surface area contributed by atoms with Crippen molar-refractivity contribution in [2.45, 2.75) is 59.7 Å². The van der Waals surface area contributed by atoms with E-state index in [0.29, 0.717) is 88.3 Å². The normalized spacial score (nSPS) is 12.5. The van der Waals surface area contributed by atoms with E-state index in [1.165, 1.54) is 33.8 Å². The number of H-pyrrole nitrogens is 2. The van der Waals surface area contributed by atoms with Crippen molar-refractivity contribution < 1.29 is 27.8 Å². The van der Waals surface area contributed by atoms with Gasteiger partial charge in [0.2, 0.25) is 23.2 Å². The molecule has 3 N–H and O–H groups in total. The number of anilines is 2. The second kappa shape index (κ2) is 17.7. The number of halogens is 3. The lowest BCUT2D eigenvalue weighted by Crippen LogP contribution is -2.38. The standard InChI is InChI=1S/C24H22FN7O3.C19H13BrFN7O.CH4/c1-24(2,3)35-23(33)32(12-16-14-8-10-34-19(14)6-5-17(16)25)22-27-11-15(18-7-9-28-30-18)21-29-20(26-4)13-31(21)22;1-22-16-9-28-18(26-16)12(17-13(20)8-25-27-17)7-24-19(28)23-6-11-10-4-5-29-15(10)3-2-14(11)21;/h5-7,9,11,13H,8,10,12H2,1-3H3,(H,28,30);2-3,7-9H,4-6H2,(H,23,24)(H,25,27);1H4. The molecule has 0 fully saturated rings. The lowest BCUT2D eigenvalue weighted by atomic mass is 10.0. The Bertz CT molecular complexity index is 3180. The first kappa shape index (κ1) is 43.7. The van der Waals surface area contributed by atoms with Gasteiger partial charge in [-0.2, -0.15) is 10.2 Å². The minimum absolute atomic E-state index is 0. The molecule has 0 unspecified atom stereocenters. The van der Waals surface area contributed by atoms with Crippen LogP contribution < -0.4 is 19.7 Å². The van der Waals surface area contributed by atoms with Gasteiger partial charge in [0.05, 0.1) is 52.9 Å². The Labute approximate surface area is 378 Å². The van der Waals surface area contributed by atoms with Crippen molar-refractivity contribution in [3.05, 3.63) is 129 Å². The van der Waals surface area contributed by atoms with Crippen LogP contribution in [0.1, 0.15) is 50.5 Å². The summed E-state index contributed by atoms with van der Waals surface area (Å²) in [7, 11) is 0. The third-order valence-electron chi connectivity index (χ3n) is 10.3. The number of imidazole rings is 2. The van der Waals surface area contributed by atoms with Crippen molar-refractivity contribution in [2.24, 2.45) is 0 Å². The van der Waals surface area contributed by atoms with Gasteiger partial charge in [-0.1, -0.05) is 30.5 Å². The van der Waals surface area contributed by atoms with Gasteiger partial charge in [0.25, 0.3) is 11.6 Å². The van der Waals surface area contributed by atoms with E-state index >= 15 is 4.39 Å². The van der Waals surface area contributed by atoms with Crippen LogP contribution in [0, 0.1) is 24.8 Å². The summed E-state index contributed by atoms with van der Waals surface area (Å²) in [4.78, 5) is 39.3. The van der Waals surface area contributed by atoms with Gasteiger partial charge in [-0.05, 0) is 67.0 Å². The van der Waals surface area contributed by atoms with Gasteiger partial charge in [0.1, 0.15) is 28.7 Å². The van der Waals surface area contributed by atoms with Gasteiger partial charge in [-0.25, -0.2) is 28.4 Å². The molecule has 1 amide bonds. The van der Waals surface area contributed by atoms with Crippen molar-refractivity contribution >= 4 is 56.8 Å². The molecule has 0 bridgehead atoms. The van der Waals surface area contributed by atoms with Crippen molar-refractivity contribution in [2.75, 3.05) is 23.4 Å². The molecule has 2 aliphatic rings. The number of hydrogen-bond donors (Lipinski definition) is 3. The van der Waals surface area contributed by atoms with Crippen molar-refractivity contribution in [1.29, 1.82) is 0 Å². The zero-order valence-electron chi connectivity index (χ0n) is 34.3. The summed E-state index contributed by atoms with van der Waals surface area (Å²) in [6.07, 6.45) is 9.97. The highest BCUT2D eigenvalue weighted by molar-refractivity contribution is 9.10. The minimum Gasteiger partial charge on any atom is -0.493 e. The lowest BCUT2D eigenvalue weighted by molar-refractivity contribution is 0.0574. The third kappa shape index (κ3) is 8.48. The van der Waals surface area contributed by atoms with Crippen LogP contribution in [0.25, 0.3) is 43.5 Å². The number of hydrogen-bond acceptors (Lipinski definition) is 11. The van der Waals surface area contributed by atoms with Crippen LogP contribution in [-0.4, -0.2) is 74.0 Å². The molecule has 330 valence electrons. The summed E-state index contributed by atoms with van der Waals surface area (Å²) in [5, 5.41) is 16.9. The highest BCUT2D eigenvalue weighted by atomic mass is 79.9. The van der Waals surface area contributed by atoms with Gasteiger partial charge in [-0.15, -0.1) is 0 Å². The molecule has 0 atom stereocenters. The topological polar surface area (TPSA) is 186 Å². The Kier molecular flexibility index (Phi) is 11.9. The summed E-state index contributed by atoms with van der Waals surface area (Å²) >= 11 is 3.44. The van der Waals surface area contributed by atoms with Crippen LogP contribution in [0.4, 0.5) is 37.1 Å². The highest BCUT2D eigenvalue weighted by Crippen LogP contribution is 2.36. The van der Waals surface area contributed by atoms with Gasteiger partial charge in [0, 0.05) is 72.6 Å². The number of carbonyl (C=O) groups excluding carboxylic acids is 1. The van der Waals surface area contributed by atoms with Gasteiger partial charge in [0.15, 0.2) is 0 Å². The van der Waals surface area contributed by atoms with E-state index in [2.05, 4.69) is 71.3 Å². The molecule has 6 aromatic heterocycles. The fraction of sp³-hybridized carbons (Fsp3) is 0.250. The summed E-state index contributed by atoms with van der Waals surface area (Å²) < 4.78 is 50.2. The molecule has 2 aromatic carbocycles. The highest BCUT2D eigenvalue weighted by Gasteiger charge is 2.31. The number of rotatable bonds is 8. The number of fused-ring (bicyclic) bond motifs is 4. The smallest absolute Gasteiger partial charge is 0.417 e. The van der Waals surface area contributed by atoms with Crippen LogP contribution in [-0.2, 0) is 30.7 Å². The molecular weight excluding hydrogens is 906 g/mol. The SMILES string of the molecule is C.[C-]#[N+]c1cn2c(N(Cc3c(F)ccc4c3CCO4)C(=O)OC(C)(C)C)ncc(-c3ccn[nH]3)c2n1.[C-]#[N+]c1cn2c(NCc3c(F)ccc4c3CCO4)ncc(-c3[nH]ncc3Br)c2n1. The van der Waals surface area contributed by atoms with E-state index in [1.54, 1.807) is 68.2 Å². The molecule has 10 rings (SSSR count). The quantitative estimate of drug-likeness (QED) is 0.123. The number of benzene rings is 2. The van der Waals surface area contributed by atoms with Gasteiger partial charge < -0.3 is 29.2 Å². The van der Waals surface area contributed by atoms with Crippen LogP contribution in [0.3, 0.4) is 0 Å². The van der Waals surface area contributed by atoms with Crippen molar-refractivity contribution in [3.8, 4) is 34.0 Å². The fourth-order valence-electron chi connectivity index (χ4n) is 7.44. The Morgan fingerprint density at radius 3 is 2.12 bits per heavy atom. The number of amides is 1. The van der Waals surface area contributed by atoms with Crippen molar-refractivity contribution in [3.63, 3.8) is 0 Å². The molecule has 18 nitrogen and oxygen atoms in total. The molecule has 8 aromatic rings. The van der Waals surface area contributed by atoms with Crippen LogP contribution in [0.2, 0.25) is 0 Å². The van der Waals surface area contributed by atoms with Gasteiger partial charge in [-0.3, -0.25) is 19.0 Å². The molecule has 8 heterocycles. The number of aromatic amines is 2. The van der Waals surface area contributed by atoms with E-state index in [-0.39, 0.29) is 43.9 Å². The molecule has 0 saturated heterocycles. The molecule has 0 spiro atoms. The maximum absolute atomic E-state index is 15.0. The van der Waals surface area contributed by atoms with E-state index in [1.807, 2.05) is 0 Å². The number of nitrogens with zero attached hydrogens (tertiary/aromatic N) is 11. The Morgan fingerprint density at radius 1 is 0.877 bits per heavy atom. The summed E-state index contributed by atoms with van der Waals surface area (Å²) in [6, 6.07) is 7.74. The average Bonchev–Trinajstić information content (AvgIpc) is 4.13. The average molecular weight is 946 g/mol. The predicted octanol–water partition coefficient (Wildman–Crippen LogP) is 9.44. The van der Waals surface area contributed by atoms with E-state index in [0.717, 1.165) is 15.8 Å². The lowest BCUT2D eigenvalue weighted by Gasteiger charge is -2.27. The molecule has 21 heteroatoms. The second-order valence-corrected chi connectivity index (χ2v) is 16.3. The molecule has 2 aliphatic heterocycles. The van der Waals surface area contributed by atoms with Gasteiger partial charge >= 0.3 is 6.09 Å². The van der Waals surface area contributed by atoms with E-state index in [9.17, 15) is 9.18 Å². The van der Waals surface area contributed by atoms with Crippen molar-refractivity contribution in [1.82, 2.24) is 49.1 Å². The van der Waals surface area contributed by atoms with E-state index < -0.39 is 17.5 Å². The molecular formula is C44H39BrF2N14O4. The summed E-state index contributed by atoms with van der Waals surface area (Å²) in [6.45, 7) is 21.0. The maximum Gasteiger partial charge on any atom is 0.417 e. The molecule has 0 aliphatic carbocycles. The summed E-state index contributed by atoms with van der Waals surface area (Å²) in [5.41, 5.74) is 5.22. The Hall–Kier alpha value is -7.91. The first-order valence-corrected chi connectivity index (χ1v) is 20.5. The molecule has 0 saturated carbocycles. The predicted molar refractivity (Wildman–Crippen MR) is 239 cm³/mol. The maximum atomic E-state index is 15.0. The fourth-order valence-corrected chi connectivity index (χ4v) is 7.85. The first-order valence-electron chi connectivity index (χ1n) is 19.7. The second-order valence-electron chi connectivity index (χ2n) is 15.5. The minimum atomic E-state index is -0.804. The monoisotopic (exact) mass is 944 g/mol. The number of nitrogens with one attached hydrogen (secondary N) is 3. The van der Waals surface area contributed by atoms with Crippen LogP contribution >= 0.6 is 15.9 Å². The molecule has 0 radical (unpaired) electrons. The first-order chi connectivity index (χ1) is 30.9.